The van der Waals surface area contributed by atoms with Gasteiger partial charge in [-0.25, -0.2) is 14.2 Å². The zero-order valence-corrected chi connectivity index (χ0v) is 11.5. The van der Waals surface area contributed by atoms with Crippen LogP contribution in [-0.2, 0) is 7.05 Å². The fourth-order valence-electron chi connectivity index (χ4n) is 2.28. The number of aryl methyl sites for hydroxylation is 1. The van der Waals surface area contributed by atoms with Crippen LogP contribution >= 0.6 is 0 Å². The summed E-state index contributed by atoms with van der Waals surface area (Å²) in [6.07, 6.45) is 1.54. The molecule has 0 saturated carbocycles. The Labute approximate surface area is 120 Å². The highest BCUT2D eigenvalue weighted by atomic mass is 19.1. The van der Waals surface area contributed by atoms with E-state index in [2.05, 4.69) is 4.98 Å². The molecule has 108 valence electrons. The van der Waals surface area contributed by atoms with Crippen molar-refractivity contribution in [3.63, 3.8) is 0 Å². The maximum absolute atomic E-state index is 12.4. The lowest BCUT2D eigenvalue weighted by atomic mass is 10.3. The summed E-state index contributed by atoms with van der Waals surface area (Å²) in [4.78, 5) is 16.5. The van der Waals surface area contributed by atoms with Crippen molar-refractivity contribution in [1.82, 2.24) is 14.1 Å². The van der Waals surface area contributed by atoms with Crippen LogP contribution in [0.25, 0.3) is 16.7 Å². The number of hydrogen-bond donors (Lipinski definition) is 0. The van der Waals surface area contributed by atoms with E-state index in [1.807, 2.05) is 24.3 Å². The predicted molar refractivity (Wildman–Crippen MR) is 77.8 cm³/mol. The molecule has 1 aromatic carbocycles. The van der Waals surface area contributed by atoms with Crippen molar-refractivity contribution in [2.24, 2.45) is 7.05 Å². The van der Waals surface area contributed by atoms with Gasteiger partial charge in [0.15, 0.2) is 0 Å². The van der Waals surface area contributed by atoms with Crippen LogP contribution < -0.4 is 10.4 Å². The molecule has 0 aliphatic heterocycles. The summed E-state index contributed by atoms with van der Waals surface area (Å²) in [7, 11) is 1.73. The third-order valence-electron chi connectivity index (χ3n) is 3.27. The molecule has 2 aromatic heterocycles. The first kappa shape index (κ1) is 13.4. The van der Waals surface area contributed by atoms with E-state index in [0.29, 0.717) is 11.6 Å². The molecule has 0 N–H and O–H groups in total. The standard InChI is InChI=1S/C15H14FN3O2/c1-18-12-4-2-3-5-13(12)19(15(18)20)11-6-7-14(17-10-11)21-9-8-16/h2-7,10H,8-9H2,1H3. The molecule has 5 nitrogen and oxygen atoms in total. The molecule has 0 aliphatic carbocycles. The number of pyridine rings is 1. The summed E-state index contributed by atoms with van der Waals surface area (Å²) in [6, 6.07) is 10.9. The van der Waals surface area contributed by atoms with E-state index in [1.165, 1.54) is 0 Å². The summed E-state index contributed by atoms with van der Waals surface area (Å²) in [5.41, 5.74) is 2.16. The number of rotatable bonds is 4. The van der Waals surface area contributed by atoms with Gasteiger partial charge in [-0.15, -0.1) is 0 Å². The van der Waals surface area contributed by atoms with Crippen molar-refractivity contribution in [3.05, 3.63) is 53.1 Å². The fourth-order valence-corrected chi connectivity index (χ4v) is 2.28. The largest absolute Gasteiger partial charge is 0.475 e. The maximum Gasteiger partial charge on any atom is 0.333 e. The van der Waals surface area contributed by atoms with Gasteiger partial charge >= 0.3 is 5.69 Å². The minimum Gasteiger partial charge on any atom is -0.475 e. The van der Waals surface area contributed by atoms with E-state index < -0.39 is 6.67 Å². The molecule has 3 aromatic rings. The van der Waals surface area contributed by atoms with Gasteiger partial charge in [-0.3, -0.25) is 9.13 Å². The van der Waals surface area contributed by atoms with Crippen LogP contribution in [0.1, 0.15) is 0 Å². The molecule has 3 rings (SSSR count). The van der Waals surface area contributed by atoms with Gasteiger partial charge < -0.3 is 4.74 Å². The number of fused-ring (bicyclic) bond motifs is 1. The van der Waals surface area contributed by atoms with Gasteiger partial charge in [-0.2, -0.15) is 0 Å². The minimum absolute atomic E-state index is 0.0272. The number of imidazole rings is 1. The summed E-state index contributed by atoms with van der Waals surface area (Å²) in [5.74, 6) is 0.338. The first-order chi connectivity index (χ1) is 10.2. The van der Waals surface area contributed by atoms with Gasteiger partial charge in [0.1, 0.15) is 13.3 Å². The first-order valence-electron chi connectivity index (χ1n) is 6.54. The van der Waals surface area contributed by atoms with Crippen LogP contribution in [0.3, 0.4) is 0 Å². The minimum atomic E-state index is -0.563. The lowest BCUT2D eigenvalue weighted by molar-refractivity contribution is 0.264. The second kappa shape index (κ2) is 5.40. The number of alkyl halides is 1. The Bertz CT molecular complexity index is 821. The molecule has 0 aliphatic rings. The molecular formula is C15H14FN3O2. The fraction of sp³-hybridized carbons (Fsp3) is 0.200. The summed E-state index contributed by atoms with van der Waals surface area (Å²) in [6.45, 7) is -0.591. The van der Waals surface area contributed by atoms with Gasteiger partial charge in [-0.05, 0) is 18.2 Å². The topological polar surface area (TPSA) is 49.0 Å². The second-order valence-corrected chi connectivity index (χ2v) is 4.56. The molecule has 2 heterocycles. The van der Waals surface area contributed by atoms with Crippen molar-refractivity contribution >= 4 is 11.0 Å². The number of para-hydroxylation sites is 2. The van der Waals surface area contributed by atoms with Gasteiger partial charge in [0.2, 0.25) is 5.88 Å². The summed E-state index contributed by atoms with van der Waals surface area (Å²) >= 11 is 0. The SMILES string of the molecule is Cn1c(=O)n(-c2ccc(OCCF)nc2)c2ccccc21. The Hall–Kier alpha value is -2.63. The average Bonchev–Trinajstić information content (AvgIpc) is 2.78. The number of aromatic nitrogens is 3. The number of benzene rings is 1. The molecule has 0 bridgehead atoms. The van der Waals surface area contributed by atoms with Crippen LogP contribution in [0.5, 0.6) is 5.88 Å². The third-order valence-corrected chi connectivity index (χ3v) is 3.27. The molecule has 0 atom stereocenters. The third kappa shape index (κ3) is 2.29. The molecule has 0 fully saturated rings. The van der Waals surface area contributed by atoms with E-state index in [4.69, 9.17) is 4.74 Å². The Balaban J connectivity index is 2.08. The highest BCUT2D eigenvalue weighted by molar-refractivity contribution is 5.77. The molecule has 0 amide bonds. The van der Waals surface area contributed by atoms with Crippen LogP contribution in [0.4, 0.5) is 4.39 Å². The van der Waals surface area contributed by atoms with Gasteiger partial charge in [0.25, 0.3) is 0 Å². The molecule has 0 unspecified atom stereocenters. The summed E-state index contributed by atoms with van der Waals surface area (Å²) in [5, 5.41) is 0. The van der Waals surface area contributed by atoms with E-state index in [9.17, 15) is 9.18 Å². The highest BCUT2D eigenvalue weighted by Crippen LogP contribution is 2.17. The van der Waals surface area contributed by atoms with Crippen LogP contribution in [-0.4, -0.2) is 27.4 Å². The van der Waals surface area contributed by atoms with Gasteiger partial charge in [-0.1, -0.05) is 12.1 Å². The zero-order valence-electron chi connectivity index (χ0n) is 11.5. The van der Waals surface area contributed by atoms with Crippen molar-refractivity contribution in [2.75, 3.05) is 13.3 Å². The second-order valence-electron chi connectivity index (χ2n) is 4.56. The van der Waals surface area contributed by atoms with Crippen LogP contribution in [0.2, 0.25) is 0 Å². The van der Waals surface area contributed by atoms with E-state index in [0.717, 1.165) is 11.0 Å². The Morgan fingerprint density at radius 2 is 1.95 bits per heavy atom. The van der Waals surface area contributed by atoms with Crippen molar-refractivity contribution in [3.8, 4) is 11.6 Å². The smallest absolute Gasteiger partial charge is 0.333 e. The normalized spacial score (nSPS) is 11.0. The monoisotopic (exact) mass is 287 g/mol. The Morgan fingerprint density at radius 1 is 1.19 bits per heavy atom. The molecule has 6 heteroatoms. The number of ether oxygens (including phenoxy) is 1. The van der Waals surface area contributed by atoms with Gasteiger partial charge in [0.05, 0.1) is 22.9 Å². The van der Waals surface area contributed by atoms with Crippen molar-refractivity contribution in [1.29, 1.82) is 0 Å². The highest BCUT2D eigenvalue weighted by Gasteiger charge is 2.11. The zero-order chi connectivity index (χ0) is 14.8. The van der Waals surface area contributed by atoms with E-state index in [1.54, 1.807) is 34.5 Å². The Morgan fingerprint density at radius 3 is 2.62 bits per heavy atom. The van der Waals surface area contributed by atoms with Crippen molar-refractivity contribution < 1.29 is 9.13 Å². The maximum atomic E-state index is 12.4. The van der Waals surface area contributed by atoms with Crippen LogP contribution in [0, 0.1) is 0 Å². The molecule has 0 radical (unpaired) electrons. The lowest BCUT2D eigenvalue weighted by Crippen LogP contribution is -2.20. The number of halogens is 1. The lowest BCUT2D eigenvalue weighted by Gasteiger charge is -2.05. The first-order valence-corrected chi connectivity index (χ1v) is 6.54. The molecule has 21 heavy (non-hydrogen) atoms. The number of nitrogens with zero attached hydrogens (tertiary/aromatic N) is 3. The summed E-state index contributed by atoms with van der Waals surface area (Å²) < 4.78 is 20.3. The Kier molecular flexibility index (Phi) is 3.43. The molecular weight excluding hydrogens is 273 g/mol. The number of hydrogen-bond acceptors (Lipinski definition) is 3. The predicted octanol–water partition coefficient (Wildman–Crippen LogP) is 2.07. The van der Waals surface area contributed by atoms with Gasteiger partial charge in [0, 0.05) is 13.1 Å². The average molecular weight is 287 g/mol. The van der Waals surface area contributed by atoms with E-state index >= 15 is 0 Å². The van der Waals surface area contributed by atoms with E-state index in [-0.39, 0.29) is 12.3 Å². The van der Waals surface area contributed by atoms with Crippen molar-refractivity contribution in [2.45, 2.75) is 0 Å². The van der Waals surface area contributed by atoms with Crippen LogP contribution in [0.15, 0.2) is 47.4 Å². The quantitative estimate of drug-likeness (QED) is 0.738. The molecule has 0 spiro atoms. The molecule has 0 saturated heterocycles.